The quantitative estimate of drug-likeness (QED) is 0.211. The Morgan fingerprint density at radius 1 is 1.40 bits per heavy atom. The molecule has 2 aliphatic carbocycles. The van der Waals surface area contributed by atoms with Crippen LogP contribution in [0.1, 0.15) is 20.8 Å². The summed E-state index contributed by atoms with van der Waals surface area (Å²) in [4.78, 5) is 28.2. The Morgan fingerprint density at radius 3 is 2.60 bits per heavy atom. The molecule has 8 unspecified atom stereocenters. The van der Waals surface area contributed by atoms with Crippen LogP contribution >= 0.6 is 0 Å². The molecule has 2 fully saturated rings. The van der Waals surface area contributed by atoms with Crippen molar-refractivity contribution in [2.45, 2.75) is 50.3 Å². The summed E-state index contributed by atoms with van der Waals surface area (Å²) in [6.45, 7) is 7.86. The van der Waals surface area contributed by atoms with Crippen molar-refractivity contribution in [3.63, 3.8) is 0 Å². The van der Waals surface area contributed by atoms with Gasteiger partial charge in [0.1, 0.15) is 23.4 Å². The molecular weight excluding hydrogens is 332 g/mol. The fourth-order valence-corrected chi connectivity index (χ4v) is 4.46. The first kappa shape index (κ1) is 18.1. The van der Waals surface area contributed by atoms with E-state index < -0.39 is 59.2 Å². The van der Waals surface area contributed by atoms with Gasteiger partial charge in [-0.15, -0.1) is 0 Å². The summed E-state index contributed by atoms with van der Waals surface area (Å²) in [5.41, 5.74) is -2.93. The van der Waals surface area contributed by atoms with Crippen molar-refractivity contribution in [3.05, 3.63) is 24.3 Å². The number of carbonyl (C=O) groups excluding carboxylic acids is 2. The predicted octanol–water partition coefficient (Wildman–Crippen LogP) is 0.192. The van der Waals surface area contributed by atoms with Crippen LogP contribution in [-0.4, -0.2) is 56.9 Å². The molecule has 8 atom stereocenters. The minimum Gasteiger partial charge on any atom is -0.458 e. The molecule has 0 aromatic rings. The third-order valence-electron chi connectivity index (χ3n) is 5.72. The average molecular weight is 354 g/mol. The van der Waals surface area contributed by atoms with Crippen molar-refractivity contribution >= 4 is 11.9 Å². The largest absolute Gasteiger partial charge is 0.458 e. The summed E-state index contributed by atoms with van der Waals surface area (Å²) < 4.78 is 10.6. The van der Waals surface area contributed by atoms with Crippen molar-refractivity contribution < 1.29 is 39.4 Å². The summed E-state index contributed by atoms with van der Waals surface area (Å²) >= 11 is 0. The molecule has 1 saturated carbocycles. The van der Waals surface area contributed by atoms with Gasteiger partial charge in [0, 0.05) is 24.3 Å². The minimum absolute atomic E-state index is 0.0262. The molecule has 25 heavy (non-hydrogen) atoms. The molecule has 138 valence electrons. The van der Waals surface area contributed by atoms with E-state index in [-0.39, 0.29) is 5.57 Å². The van der Waals surface area contributed by atoms with Crippen LogP contribution < -0.4 is 0 Å². The second kappa shape index (κ2) is 5.63. The van der Waals surface area contributed by atoms with E-state index >= 15 is 0 Å². The number of fused-ring (bicyclic) bond motifs is 3. The van der Waals surface area contributed by atoms with E-state index in [9.17, 15) is 25.1 Å². The minimum atomic E-state index is -1.69. The molecule has 1 aliphatic heterocycles. The second-order valence-electron chi connectivity index (χ2n) is 7.35. The predicted molar refractivity (Wildman–Crippen MR) is 82.9 cm³/mol. The maximum absolute atomic E-state index is 12.0. The van der Waals surface area contributed by atoms with Crippen molar-refractivity contribution in [2.24, 2.45) is 17.8 Å². The van der Waals surface area contributed by atoms with Gasteiger partial charge in [0.25, 0.3) is 0 Å². The highest BCUT2D eigenvalue weighted by molar-refractivity contribution is 5.91. The summed E-state index contributed by atoms with van der Waals surface area (Å²) in [6.07, 6.45) is -0.458. The van der Waals surface area contributed by atoms with Gasteiger partial charge >= 0.3 is 11.9 Å². The molecule has 0 amide bonds. The highest BCUT2D eigenvalue weighted by atomic mass is 17.1. The van der Waals surface area contributed by atoms with Crippen molar-refractivity contribution in [1.82, 2.24) is 0 Å². The fourth-order valence-electron chi connectivity index (χ4n) is 4.46. The summed E-state index contributed by atoms with van der Waals surface area (Å²) in [6, 6.07) is 0. The summed E-state index contributed by atoms with van der Waals surface area (Å²) in [5.74, 6) is -3.69. The molecule has 8 nitrogen and oxygen atoms in total. The zero-order valence-corrected chi connectivity index (χ0v) is 14.2. The van der Waals surface area contributed by atoms with Gasteiger partial charge < -0.3 is 19.7 Å². The molecule has 0 aromatic heterocycles. The Labute approximate surface area is 144 Å². The number of carbonyl (C=O) groups is 2. The van der Waals surface area contributed by atoms with Gasteiger partial charge in [-0.25, -0.2) is 9.68 Å². The molecule has 3 rings (SSSR count). The van der Waals surface area contributed by atoms with E-state index in [1.807, 2.05) is 0 Å². The van der Waals surface area contributed by atoms with Crippen molar-refractivity contribution in [3.8, 4) is 0 Å². The normalized spacial score (nSPS) is 48.6. The molecule has 0 aromatic carbocycles. The topological polar surface area (TPSA) is 123 Å². The van der Waals surface area contributed by atoms with Crippen molar-refractivity contribution in [1.29, 1.82) is 0 Å². The van der Waals surface area contributed by atoms with Crippen LogP contribution in [0.2, 0.25) is 0 Å². The molecule has 8 heteroatoms. The van der Waals surface area contributed by atoms with Gasteiger partial charge in [-0.3, -0.25) is 10.1 Å². The average Bonchev–Trinajstić information content (AvgIpc) is 3.00. The van der Waals surface area contributed by atoms with Gasteiger partial charge in [0.05, 0.1) is 5.92 Å². The van der Waals surface area contributed by atoms with Gasteiger partial charge in [0.2, 0.25) is 0 Å². The highest BCUT2D eigenvalue weighted by Crippen LogP contribution is 2.54. The Balaban J connectivity index is 2.16. The first-order chi connectivity index (χ1) is 11.5. The maximum atomic E-state index is 12.0. The fraction of sp³-hybridized carbons (Fsp3) is 0.647. The van der Waals surface area contributed by atoms with Crippen LogP contribution in [0.15, 0.2) is 24.3 Å². The Bertz CT molecular complexity index is 653. The molecule has 3 N–H and O–H groups in total. The van der Waals surface area contributed by atoms with Crippen LogP contribution in [0.4, 0.5) is 0 Å². The van der Waals surface area contributed by atoms with Crippen LogP contribution in [0.3, 0.4) is 0 Å². The number of ether oxygens (including phenoxy) is 2. The van der Waals surface area contributed by atoms with Gasteiger partial charge in [-0.1, -0.05) is 18.7 Å². The lowest BCUT2D eigenvalue weighted by molar-refractivity contribution is -0.324. The van der Waals surface area contributed by atoms with Crippen LogP contribution in [0.5, 0.6) is 0 Å². The number of rotatable bonds is 2. The number of aliphatic hydroxyl groups excluding tert-OH is 1. The summed E-state index contributed by atoms with van der Waals surface area (Å²) in [7, 11) is 0. The smallest absolute Gasteiger partial charge is 0.334 e. The standard InChI is InChI=1S/C17H22O8/c1-7-10-12(19)14(23-8(2)18)17(4,21)9-5-6-16(3,25-22)11(9)13(10)24-15(7)20/h5-6,9-14,19,21-22H,1H2,2-4H3. The zero-order chi connectivity index (χ0) is 18.7. The van der Waals surface area contributed by atoms with E-state index in [2.05, 4.69) is 11.5 Å². The number of esters is 2. The molecule has 1 saturated heterocycles. The van der Waals surface area contributed by atoms with Crippen LogP contribution in [0.25, 0.3) is 0 Å². The lowest BCUT2D eigenvalue weighted by Crippen LogP contribution is -2.55. The van der Waals surface area contributed by atoms with Crippen LogP contribution in [0, 0.1) is 17.8 Å². The second-order valence-corrected chi connectivity index (χ2v) is 7.35. The van der Waals surface area contributed by atoms with Gasteiger partial charge in [-0.05, 0) is 13.8 Å². The van der Waals surface area contributed by atoms with Gasteiger partial charge in [-0.2, -0.15) is 0 Å². The van der Waals surface area contributed by atoms with Crippen molar-refractivity contribution in [2.75, 3.05) is 0 Å². The maximum Gasteiger partial charge on any atom is 0.334 e. The Kier molecular flexibility index (Phi) is 4.07. The highest BCUT2D eigenvalue weighted by Gasteiger charge is 2.66. The van der Waals surface area contributed by atoms with E-state index in [1.165, 1.54) is 13.8 Å². The molecule has 1 heterocycles. The number of hydrogen-bond donors (Lipinski definition) is 3. The third kappa shape index (κ3) is 2.43. The number of aliphatic hydroxyl groups is 2. The molecule has 0 bridgehead atoms. The van der Waals surface area contributed by atoms with Gasteiger partial charge in [0.15, 0.2) is 6.10 Å². The zero-order valence-electron chi connectivity index (χ0n) is 14.2. The SMILES string of the molecule is C=C1C(=O)OC2C1C(O)C(OC(C)=O)C(C)(O)C1C=CC(C)(OO)C21. The van der Waals surface area contributed by atoms with E-state index in [4.69, 9.17) is 9.47 Å². The lowest BCUT2D eigenvalue weighted by Gasteiger charge is -2.40. The summed E-state index contributed by atoms with van der Waals surface area (Å²) in [5, 5.41) is 31.4. The van der Waals surface area contributed by atoms with Crippen LogP contribution in [-0.2, 0) is 24.0 Å². The van der Waals surface area contributed by atoms with E-state index in [0.29, 0.717) is 0 Å². The Hall–Kier alpha value is -1.74. The number of hydrogen-bond acceptors (Lipinski definition) is 8. The lowest BCUT2D eigenvalue weighted by atomic mass is 9.73. The Morgan fingerprint density at radius 2 is 2.04 bits per heavy atom. The first-order valence-electron chi connectivity index (χ1n) is 8.04. The molecular formula is C17H22O8. The van der Waals surface area contributed by atoms with E-state index in [1.54, 1.807) is 19.1 Å². The van der Waals surface area contributed by atoms with E-state index in [0.717, 1.165) is 0 Å². The molecule has 0 spiro atoms. The third-order valence-corrected chi connectivity index (χ3v) is 5.72. The first-order valence-corrected chi connectivity index (χ1v) is 8.04. The molecule has 3 aliphatic rings. The molecule has 0 radical (unpaired) electrons. The monoisotopic (exact) mass is 354 g/mol.